The number of aliphatic imine (C=N–C) groups is 8. The van der Waals surface area contributed by atoms with Gasteiger partial charge in [-0.2, -0.15) is 67.3 Å². The fourth-order valence-electron chi connectivity index (χ4n) is 9.77. The van der Waals surface area contributed by atoms with Crippen molar-refractivity contribution in [2.75, 3.05) is 98.4 Å². The Morgan fingerprint density at radius 1 is 0.336 bits per heavy atom. The lowest BCUT2D eigenvalue weighted by Gasteiger charge is -2.10. The summed E-state index contributed by atoms with van der Waals surface area (Å²) in [6, 6.07) is 52.8. The van der Waals surface area contributed by atoms with E-state index < -0.39 is 92.5 Å². The van der Waals surface area contributed by atoms with Crippen LogP contribution in [0.15, 0.2) is 228 Å². The quantitative estimate of drug-likeness (QED) is 0.00964. The van der Waals surface area contributed by atoms with Gasteiger partial charge in [0.05, 0.1) is 57.4 Å². The molecule has 0 saturated heterocycles. The van der Waals surface area contributed by atoms with Crippen molar-refractivity contribution in [3.8, 4) is 11.5 Å². The van der Waals surface area contributed by atoms with Crippen molar-refractivity contribution in [3.05, 3.63) is 243 Å². The Bertz CT molecular complexity index is 5780. The van der Waals surface area contributed by atoms with E-state index in [1.165, 1.54) is 6.07 Å². The van der Waals surface area contributed by atoms with Crippen LogP contribution < -0.4 is 0 Å². The predicted molar refractivity (Wildman–Crippen MR) is 524 cm³/mol. The molecule has 728 valence electrons. The average molecular weight is 2030 g/mol. The van der Waals surface area contributed by atoms with E-state index in [0.717, 1.165) is 76.5 Å². The molecule has 0 aromatic heterocycles. The number of phenolic OH excluding ortho intramolecular Hbond substituents is 2. The first-order chi connectivity index (χ1) is 61.1. The zero-order valence-corrected chi connectivity index (χ0v) is 81.7. The molecule has 0 heterocycles. The van der Waals surface area contributed by atoms with Crippen molar-refractivity contribution < 1.29 is 118 Å². The molecule has 0 saturated carbocycles. The summed E-state index contributed by atoms with van der Waals surface area (Å²) in [5, 5.41) is 21.1. The first-order valence-electron chi connectivity index (χ1n) is 40.5. The highest BCUT2D eigenvalue weighted by Gasteiger charge is 2.16. The van der Waals surface area contributed by atoms with Crippen molar-refractivity contribution in [2.24, 2.45) is 39.9 Å². The van der Waals surface area contributed by atoms with E-state index in [9.17, 15) is 81.9 Å². The molecule has 7 aromatic rings. The van der Waals surface area contributed by atoms with Gasteiger partial charge in [-0.1, -0.05) is 177 Å². The monoisotopic (exact) mass is 2020 g/mol. The zero-order chi connectivity index (χ0) is 99.2. The molecule has 34 nitrogen and oxygen atoms in total. The fraction of sp³-hybridized carbons (Fsp3) is 0.395. The SMILES string of the molecule is CC(=NCCCS(=O)(=O)O)c1ccccc1.CC(C)=NCCCS(=O)(=O)O.CCC(C)=NCCCS(=O)(=O)O.CCC(CC)=NCCCS(=O)(=O)O.O=S(=O)(O)CCCN=C(c1ccc(Cl)cc1)c1cc(F)ccc1O.O=S(=O)(O)CCCN=C(c1ccc(Cl)cc1)c1ccccc1O.O=S(=O)(O)CCCN=C/C=C/c1ccccc1.O=S(=O)(O)CCCN=Cc1ccccc1. The van der Waals surface area contributed by atoms with Gasteiger partial charge in [0.2, 0.25) is 0 Å². The molecule has 0 unspecified atom stereocenters. The first kappa shape index (κ1) is 122. The van der Waals surface area contributed by atoms with Gasteiger partial charge >= 0.3 is 0 Å². The van der Waals surface area contributed by atoms with Crippen LogP contribution in [0, 0.1) is 5.82 Å². The van der Waals surface area contributed by atoms with E-state index in [0.29, 0.717) is 110 Å². The Morgan fingerprint density at radius 3 is 1.05 bits per heavy atom. The first-order valence-corrected chi connectivity index (χ1v) is 54.1. The topological polar surface area (TPSA) is 574 Å². The number of allylic oxidation sites excluding steroid dienone is 1. The summed E-state index contributed by atoms with van der Waals surface area (Å²) in [6.45, 7) is 16.4. The van der Waals surface area contributed by atoms with Crippen molar-refractivity contribution in [1.82, 2.24) is 0 Å². The third kappa shape index (κ3) is 73.2. The van der Waals surface area contributed by atoms with Gasteiger partial charge in [0.1, 0.15) is 17.3 Å². The van der Waals surface area contributed by atoms with E-state index in [4.69, 9.17) is 59.6 Å². The fourth-order valence-corrected chi connectivity index (χ4v) is 14.0. The van der Waals surface area contributed by atoms with Crippen LogP contribution in [0.1, 0.15) is 158 Å². The molecule has 0 radical (unpaired) electrons. The Morgan fingerprint density at radius 2 is 0.664 bits per heavy atom. The number of hydrogen-bond acceptors (Lipinski definition) is 26. The number of benzene rings is 7. The second-order valence-corrected chi connectivity index (χ2v) is 41.3. The highest BCUT2D eigenvalue weighted by atomic mass is 35.5. The number of halogens is 3. The van der Waals surface area contributed by atoms with Crippen molar-refractivity contribution >= 4 is 157 Å². The van der Waals surface area contributed by atoms with Crippen molar-refractivity contribution in [2.45, 2.75) is 119 Å². The predicted octanol–water partition coefficient (Wildman–Crippen LogP) is 15.1. The molecule has 0 bridgehead atoms. The van der Waals surface area contributed by atoms with E-state index in [-0.39, 0.29) is 83.3 Å². The second kappa shape index (κ2) is 66.4. The molecular weight excluding hydrogens is 1910 g/mol. The summed E-state index contributed by atoms with van der Waals surface area (Å²) in [5.74, 6) is -2.72. The van der Waals surface area contributed by atoms with Crippen molar-refractivity contribution in [3.63, 3.8) is 0 Å². The maximum Gasteiger partial charge on any atom is 0.264 e. The van der Waals surface area contributed by atoms with Gasteiger partial charge < -0.3 is 10.2 Å². The number of rotatable bonds is 43. The summed E-state index contributed by atoms with van der Waals surface area (Å²) in [7, 11) is -31.0. The van der Waals surface area contributed by atoms with Crippen LogP contribution in [0.2, 0.25) is 10.0 Å². The maximum atomic E-state index is 13.5. The molecule has 7 rings (SSSR count). The molecule has 0 aliphatic heterocycles. The Kier molecular flexibility index (Phi) is 61.9. The minimum Gasteiger partial charge on any atom is -0.507 e. The van der Waals surface area contributed by atoms with Gasteiger partial charge in [-0.3, -0.25) is 76.4 Å². The van der Waals surface area contributed by atoms with Gasteiger partial charge in [0, 0.05) is 120 Å². The van der Waals surface area contributed by atoms with E-state index in [1.807, 2.05) is 146 Å². The molecule has 131 heavy (non-hydrogen) atoms. The Balaban J connectivity index is 0.00000150. The molecule has 10 N–H and O–H groups in total. The van der Waals surface area contributed by atoms with Crippen molar-refractivity contribution in [1.29, 1.82) is 0 Å². The summed E-state index contributed by atoms with van der Waals surface area (Å²) < 4.78 is 249. The molecule has 7 aromatic carbocycles. The van der Waals surface area contributed by atoms with Gasteiger partial charge in [-0.25, -0.2) is 4.39 Å². The highest BCUT2D eigenvalue weighted by molar-refractivity contribution is 7.87. The summed E-state index contributed by atoms with van der Waals surface area (Å²) in [5.41, 5.74) is 9.88. The summed E-state index contributed by atoms with van der Waals surface area (Å²) >= 11 is 11.7. The molecular formula is C86H119Cl2FN8O26S8. The van der Waals surface area contributed by atoms with Gasteiger partial charge in [0.15, 0.2) is 0 Å². The largest absolute Gasteiger partial charge is 0.507 e. The van der Waals surface area contributed by atoms with Gasteiger partial charge in [-0.05, 0) is 176 Å². The van der Waals surface area contributed by atoms with E-state index in [1.54, 1.807) is 91.3 Å². The van der Waals surface area contributed by atoms with Crippen LogP contribution in [-0.2, 0) is 80.9 Å². The van der Waals surface area contributed by atoms with Crippen LogP contribution >= 0.6 is 23.2 Å². The molecule has 45 heteroatoms. The molecule has 0 atom stereocenters. The number of hydrogen-bond donors (Lipinski definition) is 10. The number of nitrogens with zero attached hydrogens (tertiary/aromatic N) is 8. The average Bonchev–Trinajstić information content (AvgIpc) is 0.823. The number of para-hydroxylation sites is 1. The Labute approximate surface area is 781 Å². The normalized spacial score (nSPS) is 12.3. The van der Waals surface area contributed by atoms with E-state index >= 15 is 0 Å². The van der Waals surface area contributed by atoms with Gasteiger partial charge in [0.25, 0.3) is 80.9 Å². The number of phenols is 2. The maximum absolute atomic E-state index is 13.5. The van der Waals surface area contributed by atoms with Crippen LogP contribution in [0.4, 0.5) is 4.39 Å². The standard InChI is InChI=1S/C16H15ClFNO4S.C16H16ClNO4S.C12H15NO3S.C11H15NO3S.C10H13NO3S.C8H17NO3S.C7H15NO3S.C6H13NO3S/c17-12-4-2-11(3-5-12)16(19-8-1-9-24(21,22)23)14-10-13(18)6-7-15(14)20;17-13-8-6-12(7-9-13)16(14-4-1-2-5-15(14)19)18-10-3-11-23(20,21)22;14-17(15,16)11-5-10-13-9-4-8-12-6-2-1-3-7-12;1-10(11-6-3-2-4-7-11)12-8-5-9-16(13,14)15;12-15(13,14)8-4-7-11-9-10-5-2-1-3-6-10;1-3-8(4-2)9-6-5-7-13(10,11)12;1-3-7(2)8-5-4-6-12(9,10)11;1-6(2)7-4-3-5-11(8,9)10/h2-7,10,20H,1,8-9H2,(H,21,22,23);1-2,4-9,19H,3,10-11H2,(H,20,21,22);1-4,6-9H,5,10-11H2,(H,14,15,16);2-4,6-7H,5,8-9H2,1H3,(H,13,14,15);1-3,5-6,9H,4,7-8H2,(H,12,13,14);3-7H2,1-2H3,(H,10,11,12);3-6H2,1-2H3,(H,9,10,11);3-5H2,1-2H3,(H,8,9,10)/b;;8-4+,13-9?;;;;;. The third-order valence-corrected chi connectivity index (χ3v) is 23.2. The lowest BCUT2D eigenvalue weighted by Crippen LogP contribution is -2.08. The van der Waals surface area contributed by atoms with E-state index in [2.05, 4.69) is 39.9 Å². The van der Waals surface area contributed by atoms with Crippen LogP contribution in [-0.4, -0.2) is 259 Å². The smallest absolute Gasteiger partial charge is 0.264 e. The van der Waals surface area contributed by atoms with Crippen LogP contribution in [0.25, 0.3) is 6.08 Å². The second-order valence-electron chi connectivity index (χ2n) is 27.8. The highest BCUT2D eigenvalue weighted by Crippen LogP contribution is 2.25. The number of aromatic hydroxyl groups is 2. The zero-order valence-electron chi connectivity index (χ0n) is 73.7. The van der Waals surface area contributed by atoms with Crippen LogP contribution in [0.5, 0.6) is 11.5 Å². The van der Waals surface area contributed by atoms with Gasteiger partial charge in [-0.15, -0.1) is 0 Å². The molecule has 0 amide bonds. The minimum absolute atomic E-state index is 0.0771. The molecule has 0 aliphatic rings. The minimum atomic E-state index is -4.07. The molecule has 0 aliphatic carbocycles. The summed E-state index contributed by atoms with van der Waals surface area (Å²) in [6.07, 6.45) is 12.1. The summed E-state index contributed by atoms with van der Waals surface area (Å²) in [4.78, 5) is 33.2. The lowest BCUT2D eigenvalue weighted by atomic mass is 10.0. The Hall–Kier alpha value is -8.97. The lowest BCUT2D eigenvalue weighted by molar-refractivity contribution is 0.471. The third-order valence-electron chi connectivity index (χ3n) is 16.2. The molecule has 0 spiro atoms. The molecule has 0 fully saturated rings. The van der Waals surface area contributed by atoms with Crippen LogP contribution in [0.3, 0.4) is 0 Å².